The first-order chi connectivity index (χ1) is 16.3. The SMILES string of the molecule is O=C(CSc1nc2ccccc2c(=O)n1CC1CCCO1)N(Cc1ccccc1)CC(F)(F)F. The Balaban J connectivity index is 1.57. The van der Waals surface area contributed by atoms with Crippen molar-refractivity contribution in [2.45, 2.75) is 43.4 Å². The molecule has 4 rings (SSSR count). The van der Waals surface area contributed by atoms with E-state index >= 15 is 0 Å². The highest BCUT2D eigenvalue weighted by Crippen LogP contribution is 2.23. The fourth-order valence-corrected chi connectivity index (χ4v) is 4.79. The number of carbonyl (C=O) groups excluding carboxylic acids is 1. The molecule has 10 heteroatoms. The zero-order valence-electron chi connectivity index (χ0n) is 18.3. The largest absolute Gasteiger partial charge is 0.406 e. The number of benzene rings is 2. The van der Waals surface area contributed by atoms with Gasteiger partial charge in [-0.05, 0) is 30.5 Å². The quantitative estimate of drug-likeness (QED) is 0.348. The van der Waals surface area contributed by atoms with Gasteiger partial charge in [0.05, 0.1) is 29.3 Å². The minimum atomic E-state index is -4.53. The van der Waals surface area contributed by atoms with E-state index < -0.39 is 18.6 Å². The van der Waals surface area contributed by atoms with Crippen LogP contribution in [0.25, 0.3) is 10.9 Å². The van der Waals surface area contributed by atoms with E-state index in [4.69, 9.17) is 4.74 Å². The summed E-state index contributed by atoms with van der Waals surface area (Å²) in [6, 6.07) is 15.4. The maximum Gasteiger partial charge on any atom is 0.406 e. The Hall–Kier alpha value is -2.85. The number of amides is 1. The third kappa shape index (κ3) is 6.18. The van der Waals surface area contributed by atoms with Crippen LogP contribution in [0.2, 0.25) is 0 Å². The van der Waals surface area contributed by atoms with E-state index in [9.17, 15) is 22.8 Å². The number of aromatic nitrogens is 2. The molecule has 6 nitrogen and oxygen atoms in total. The van der Waals surface area contributed by atoms with Gasteiger partial charge in [0.15, 0.2) is 5.16 Å². The predicted octanol–water partition coefficient (Wildman–Crippen LogP) is 4.26. The number of halogens is 3. The lowest BCUT2D eigenvalue weighted by atomic mass is 10.2. The van der Waals surface area contributed by atoms with Crippen molar-refractivity contribution >= 4 is 28.6 Å². The van der Waals surface area contributed by atoms with Gasteiger partial charge in [0.2, 0.25) is 5.91 Å². The summed E-state index contributed by atoms with van der Waals surface area (Å²) < 4.78 is 46.7. The fourth-order valence-electron chi connectivity index (χ4n) is 3.88. The number of hydrogen-bond donors (Lipinski definition) is 0. The van der Waals surface area contributed by atoms with E-state index in [-0.39, 0.29) is 30.5 Å². The lowest BCUT2D eigenvalue weighted by Gasteiger charge is -2.24. The van der Waals surface area contributed by atoms with Crippen LogP contribution < -0.4 is 5.56 Å². The lowest BCUT2D eigenvalue weighted by molar-refractivity contribution is -0.160. The van der Waals surface area contributed by atoms with Crippen LogP contribution in [-0.2, 0) is 22.6 Å². The van der Waals surface area contributed by atoms with Gasteiger partial charge in [0.1, 0.15) is 6.54 Å². The van der Waals surface area contributed by atoms with Gasteiger partial charge in [0.25, 0.3) is 5.56 Å². The van der Waals surface area contributed by atoms with Crippen molar-refractivity contribution in [3.8, 4) is 0 Å². The number of para-hydroxylation sites is 1. The van der Waals surface area contributed by atoms with Gasteiger partial charge in [-0.2, -0.15) is 13.2 Å². The van der Waals surface area contributed by atoms with Gasteiger partial charge >= 0.3 is 6.18 Å². The molecule has 0 radical (unpaired) electrons. The molecule has 3 aromatic rings. The highest BCUT2D eigenvalue weighted by Gasteiger charge is 2.33. The topological polar surface area (TPSA) is 64.4 Å². The van der Waals surface area contributed by atoms with E-state index in [2.05, 4.69) is 4.98 Å². The maximum absolute atomic E-state index is 13.2. The van der Waals surface area contributed by atoms with Crippen LogP contribution in [0, 0.1) is 0 Å². The highest BCUT2D eigenvalue weighted by molar-refractivity contribution is 7.99. The van der Waals surface area contributed by atoms with Crippen LogP contribution in [0.15, 0.2) is 64.5 Å². The zero-order chi connectivity index (χ0) is 24.1. The lowest BCUT2D eigenvalue weighted by Crippen LogP contribution is -2.39. The first kappa shape index (κ1) is 24.3. The Kier molecular flexibility index (Phi) is 7.57. The molecule has 1 unspecified atom stereocenters. The van der Waals surface area contributed by atoms with Gasteiger partial charge in [-0.25, -0.2) is 4.98 Å². The maximum atomic E-state index is 13.2. The highest BCUT2D eigenvalue weighted by atomic mass is 32.2. The monoisotopic (exact) mass is 491 g/mol. The first-order valence-corrected chi connectivity index (χ1v) is 11.9. The third-order valence-corrected chi connectivity index (χ3v) is 6.46. The molecule has 180 valence electrons. The molecule has 0 N–H and O–H groups in total. The second-order valence-electron chi connectivity index (χ2n) is 8.10. The van der Waals surface area contributed by atoms with Crippen molar-refractivity contribution in [2.24, 2.45) is 0 Å². The Morgan fingerprint density at radius 2 is 1.88 bits per heavy atom. The molecule has 0 spiro atoms. The van der Waals surface area contributed by atoms with Gasteiger partial charge < -0.3 is 9.64 Å². The fraction of sp³-hybridized carbons (Fsp3) is 0.375. The number of hydrogen-bond acceptors (Lipinski definition) is 5. The number of ether oxygens (including phenoxy) is 1. The van der Waals surface area contributed by atoms with E-state index in [0.29, 0.717) is 28.2 Å². The van der Waals surface area contributed by atoms with Gasteiger partial charge in [0, 0.05) is 13.2 Å². The summed E-state index contributed by atoms with van der Waals surface area (Å²) in [4.78, 5) is 31.4. The molecule has 0 aliphatic carbocycles. The summed E-state index contributed by atoms with van der Waals surface area (Å²) >= 11 is 0.970. The molecule has 1 fully saturated rings. The second kappa shape index (κ2) is 10.6. The molecule has 2 aromatic carbocycles. The summed E-state index contributed by atoms with van der Waals surface area (Å²) in [6.07, 6.45) is -2.97. The van der Waals surface area contributed by atoms with Crippen LogP contribution in [0.3, 0.4) is 0 Å². The van der Waals surface area contributed by atoms with Crippen molar-refractivity contribution < 1.29 is 22.7 Å². The molecule has 1 atom stereocenters. The van der Waals surface area contributed by atoms with Crippen LogP contribution in [0.1, 0.15) is 18.4 Å². The van der Waals surface area contributed by atoms with E-state index in [1.165, 1.54) is 4.57 Å². The summed E-state index contributed by atoms with van der Waals surface area (Å²) in [7, 11) is 0. The third-order valence-electron chi connectivity index (χ3n) is 5.50. The average molecular weight is 492 g/mol. The smallest absolute Gasteiger partial charge is 0.376 e. The minimum Gasteiger partial charge on any atom is -0.376 e. The summed E-state index contributed by atoms with van der Waals surface area (Å²) in [5.41, 5.74) is 0.819. The molecular weight excluding hydrogens is 467 g/mol. The number of rotatable bonds is 8. The van der Waals surface area contributed by atoms with Crippen molar-refractivity contribution in [3.05, 3.63) is 70.5 Å². The molecule has 2 heterocycles. The van der Waals surface area contributed by atoms with Crippen LogP contribution in [-0.4, -0.2) is 51.5 Å². The van der Waals surface area contributed by atoms with Gasteiger partial charge in [-0.3, -0.25) is 14.2 Å². The van der Waals surface area contributed by atoms with E-state index in [1.54, 1.807) is 54.6 Å². The van der Waals surface area contributed by atoms with Gasteiger partial charge in [-0.1, -0.05) is 54.2 Å². The second-order valence-corrected chi connectivity index (χ2v) is 9.04. The molecule has 0 bridgehead atoms. The number of fused-ring (bicyclic) bond motifs is 1. The summed E-state index contributed by atoms with van der Waals surface area (Å²) in [5.74, 6) is -0.962. The first-order valence-electron chi connectivity index (χ1n) is 10.9. The molecule has 34 heavy (non-hydrogen) atoms. The summed E-state index contributed by atoms with van der Waals surface area (Å²) in [6.45, 7) is -0.612. The number of nitrogens with zero attached hydrogens (tertiary/aromatic N) is 3. The van der Waals surface area contributed by atoms with Crippen LogP contribution in [0.5, 0.6) is 0 Å². The molecule has 0 saturated carbocycles. The molecule has 1 amide bonds. The van der Waals surface area contributed by atoms with E-state index in [1.807, 2.05) is 0 Å². The van der Waals surface area contributed by atoms with E-state index in [0.717, 1.165) is 29.5 Å². The number of alkyl halides is 3. The van der Waals surface area contributed by atoms with Crippen molar-refractivity contribution in [1.29, 1.82) is 0 Å². The van der Waals surface area contributed by atoms with Crippen molar-refractivity contribution in [3.63, 3.8) is 0 Å². The molecule has 1 aliphatic rings. The Morgan fingerprint density at radius 1 is 1.15 bits per heavy atom. The Labute approximate surface area is 198 Å². The van der Waals surface area contributed by atoms with Crippen LogP contribution >= 0.6 is 11.8 Å². The number of carbonyl (C=O) groups is 1. The molecule has 1 aliphatic heterocycles. The van der Waals surface area contributed by atoms with Gasteiger partial charge in [-0.15, -0.1) is 0 Å². The van der Waals surface area contributed by atoms with Crippen molar-refractivity contribution in [1.82, 2.24) is 14.5 Å². The Morgan fingerprint density at radius 3 is 2.59 bits per heavy atom. The zero-order valence-corrected chi connectivity index (χ0v) is 19.1. The molecular formula is C24H24F3N3O3S. The summed E-state index contributed by atoms with van der Waals surface area (Å²) in [5, 5.41) is 0.734. The minimum absolute atomic E-state index is 0.143. The van der Waals surface area contributed by atoms with Crippen molar-refractivity contribution in [2.75, 3.05) is 18.9 Å². The normalized spacial score (nSPS) is 16.1. The molecule has 1 aromatic heterocycles. The number of thioether (sulfide) groups is 1. The standard InChI is InChI=1S/C24H24F3N3O3S/c25-24(26,27)16-29(13-17-7-2-1-3-8-17)21(31)15-34-23-28-20-11-5-4-10-19(20)22(32)30(23)14-18-9-6-12-33-18/h1-5,7-8,10-11,18H,6,9,12-16H2. The average Bonchev–Trinajstić information content (AvgIpc) is 3.32. The van der Waals surface area contributed by atoms with Crippen LogP contribution in [0.4, 0.5) is 13.2 Å². The Bertz CT molecular complexity index is 1190. The molecule has 1 saturated heterocycles. The predicted molar refractivity (Wildman–Crippen MR) is 124 cm³/mol.